The highest BCUT2D eigenvalue weighted by atomic mass is 16.4. The number of carbonyl (C=O) groups excluding carboxylic acids is 3. The molecule has 0 aliphatic carbocycles. The molecule has 1 rings (SSSR count). The average molecular weight is 426 g/mol. The summed E-state index contributed by atoms with van der Waals surface area (Å²) in [6, 6.07) is -4.62. The third-order valence-corrected chi connectivity index (χ3v) is 4.32. The van der Waals surface area contributed by atoms with Crippen LogP contribution in [0.2, 0.25) is 0 Å². The Morgan fingerprint density at radius 3 is 2.07 bits per heavy atom. The second-order valence-corrected chi connectivity index (χ2v) is 7.43. The number of rotatable bonds is 11. The Morgan fingerprint density at radius 1 is 1.03 bits per heavy atom. The number of hydrogen-bond acceptors (Lipinski definition) is 7. The molecule has 30 heavy (non-hydrogen) atoms. The molecule has 1 aromatic rings. The van der Waals surface area contributed by atoms with Gasteiger partial charge in [-0.2, -0.15) is 0 Å². The third kappa shape index (κ3) is 7.44. The molecule has 0 fully saturated rings. The highest BCUT2D eigenvalue weighted by Gasteiger charge is 2.33. The summed E-state index contributed by atoms with van der Waals surface area (Å²) in [4.78, 5) is 55.4. The number of carbonyl (C=O) groups is 4. The maximum atomic E-state index is 12.8. The lowest BCUT2D eigenvalue weighted by Crippen LogP contribution is -2.60. The van der Waals surface area contributed by atoms with Gasteiger partial charge in [0.05, 0.1) is 18.5 Å². The number of carboxylic acids is 1. The van der Waals surface area contributed by atoms with Gasteiger partial charge in [0.1, 0.15) is 18.1 Å². The van der Waals surface area contributed by atoms with E-state index >= 15 is 0 Å². The summed E-state index contributed by atoms with van der Waals surface area (Å²) in [5, 5.41) is 26.4. The summed E-state index contributed by atoms with van der Waals surface area (Å²) in [7, 11) is 0. The molecule has 1 aromatic heterocycles. The fraction of sp³-hybridized carbons (Fsp3) is 0.611. The van der Waals surface area contributed by atoms with E-state index in [1.807, 2.05) is 0 Å². The maximum absolute atomic E-state index is 12.8. The van der Waals surface area contributed by atoms with Crippen LogP contribution in [0.5, 0.6) is 0 Å². The SMILES string of the molecule is CC(N)C(=O)NC(C(=O)NC(Cc1cnc[nH]1)C(=O)NC(C(=O)O)C(C)C)C(C)O. The molecule has 0 saturated carbocycles. The molecule has 0 radical (unpaired) electrons. The van der Waals surface area contributed by atoms with E-state index in [1.54, 1.807) is 13.8 Å². The zero-order chi connectivity index (χ0) is 23.0. The second kappa shape index (κ2) is 11.3. The van der Waals surface area contributed by atoms with Crippen molar-refractivity contribution in [2.75, 3.05) is 0 Å². The number of aliphatic hydroxyl groups excluding tert-OH is 1. The number of nitrogens with zero attached hydrogens (tertiary/aromatic N) is 1. The van der Waals surface area contributed by atoms with Gasteiger partial charge in [-0.15, -0.1) is 0 Å². The van der Waals surface area contributed by atoms with Crippen LogP contribution >= 0.6 is 0 Å². The van der Waals surface area contributed by atoms with E-state index in [4.69, 9.17) is 5.73 Å². The highest BCUT2D eigenvalue weighted by Crippen LogP contribution is 2.06. The molecule has 0 saturated heterocycles. The predicted octanol–water partition coefficient (Wildman–Crippen LogP) is -2.12. The van der Waals surface area contributed by atoms with E-state index in [0.29, 0.717) is 5.69 Å². The molecule has 0 aromatic carbocycles. The van der Waals surface area contributed by atoms with Crippen LogP contribution in [0.3, 0.4) is 0 Å². The molecule has 0 aliphatic heterocycles. The highest BCUT2D eigenvalue weighted by molar-refractivity contribution is 5.94. The first-order chi connectivity index (χ1) is 13.9. The van der Waals surface area contributed by atoms with Gasteiger partial charge in [-0.1, -0.05) is 13.8 Å². The summed E-state index contributed by atoms with van der Waals surface area (Å²) in [5.74, 6) is -3.82. The number of aliphatic hydroxyl groups is 1. The van der Waals surface area contributed by atoms with E-state index in [0.717, 1.165) is 0 Å². The molecule has 168 valence electrons. The van der Waals surface area contributed by atoms with Crippen molar-refractivity contribution in [3.63, 3.8) is 0 Å². The molecular formula is C18H30N6O6. The first kappa shape index (κ1) is 25.0. The maximum Gasteiger partial charge on any atom is 0.326 e. The molecule has 3 amide bonds. The monoisotopic (exact) mass is 426 g/mol. The number of H-pyrrole nitrogens is 1. The van der Waals surface area contributed by atoms with Gasteiger partial charge in [-0.3, -0.25) is 14.4 Å². The Kier molecular flexibility index (Phi) is 9.40. The van der Waals surface area contributed by atoms with Gasteiger partial charge in [0, 0.05) is 18.3 Å². The van der Waals surface area contributed by atoms with Crippen LogP contribution in [-0.4, -0.2) is 74.1 Å². The minimum Gasteiger partial charge on any atom is -0.480 e. The van der Waals surface area contributed by atoms with Crippen molar-refractivity contribution in [2.24, 2.45) is 11.7 Å². The Morgan fingerprint density at radius 2 is 1.63 bits per heavy atom. The third-order valence-electron chi connectivity index (χ3n) is 4.32. The van der Waals surface area contributed by atoms with Gasteiger partial charge >= 0.3 is 5.97 Å². The Labute approximate surface area is 174 Å². The molecule has 0 aliphatic rings. The number of aromatic amines is 1. The number of imidazole rings is 1. The molecule has 0 spiro atoms. The van der Waals surface area contributed by atoms with Crippen LogP contribution in [0.15, 0.2) is 12.5 Å². The zero-order valence-corrected chi connectivity index (χ0v) is 17.4. The Bertz CT molecular complexity index is 734. The average Bonchev–Trinajstić information content (AvgIpc) is 3.15. The predicted molar refractivity (Wildman–Crippen MR) is 106 cm³/mol. The smallest absolute Gasteiger partial charge is 0.326 e. The molecule has 12 nitrogen and oxygen atoms in total. The molecule has 1 heterocycles. The van der Waals surface area contributed by atoms with E-state index in [1.165, 1.54) is 26.4 Å². The van der Waals surface area contributed by atoms with Gasteiger partial charge in [-0.25, -0.2) is 9.78 Å². The number of carboxylic acid groups (broad SMARTS) is 1. The van der Waals surface area contributed by atoms with Crippen LogP contribution in [-0.2, 0) is 25.6 Å². The van der Waals surface area contributed by atoms with Crippen molar-refractivity contribution in [2.45, 2.75) is 64.4 Å². The summed E-state index contributed by atoms with van der Waals surface area (Å²) in [5.41, 5.74) is 5.99. The minimum atomic E-state index is -1.36. The lowest BCUT2D eigenvalue weighted by atomic mass is 10.0. The number of aliphatic carboxylic acids is 1. The minimum absolute atomic E-state index is 0.0181. The van der Waals surface area contributed by atoms with Gasteiger partial charge in [0.15, 0.2) is 0 Å². The molecule has 12 heteroatoms. The van der Waals surface area contributed by atoms with Crippen molar-refractivity contribution >= 4 is 23.7 Å². The van der Waals surface area contributed by atoms with E-state index in [-0.39, 0.29) is 6.42 Å². The van der Waals surface area contributed by atoms with Gasteiger partial charge in [0.25, 0.3) is 0 Å². The number of aromatic nitrogens is 2. The first-order valence-corrected chi connectivity index (χ1v) is 9.48. The first-order valence-electron chi connectivity index (χ1n) is 9.48. The fourth-order valence-corrected chi connectivity index (χ4v) is 2.54. The number of nitrogens with two attached hydrogens (primary N) is 1. The van der Waals surface area contributed by atoms with E-state index < -0.39 is 59.9 Å². The lowest BCUT2D eigenvalue weighted by molar-refractivity contribution is -0.143. The quantitative estimate of drug-likeness (QED) is 0.208. The fourth-order valence-electron chi connectivity index (χ4n) is 2.54. The summed E-state index contributed by atoms with van der Waals surface area (Å²) < 4.78 is 0. The van der Waals surface area contributed by atoms with Gasteiger partial charge in [0.2, 0.25) is 17.7 Å². The van der Waals surface area contributed by atoms with E-state index in [9.17, 15) is 29.4 Å². The number of nitrogens with one attached hydrogen (secondary N) is 4. The van der Waals surface area contributed by atoms with Crippen molar-refractivity contribution in [1.82, 2.24) is 25.9 Å². The van der Waals surface area contributed by atoms with Crippen LogP contribution in [0.1, 0.15) is 33.4 Å². The van der Waals surface area contributed by atoms with Crippen LogP contribution in [0, 0.1) is 5.92 Å². The van der Waals surface area contributed by atoms with Crippen LogP contribution in [0.4, 0.5) is 0 Å². The normalized spacial score (nSPS) is 16.1. The molecule has 5 unspecified atom stereocenters. The summed E-state index contributed by atoms with van der Waals surface area (Å²) in [6.07, 6.45) is 1.55. The van der Waals surface area contributed by atoms with Crippen LogP contribution in [0.25, 0.3) is 0 Å². The number of amides is 3. The van der Waals surface area contributed by atoms with Crippen molar-refractivity contribution in [3.8, 4) is 0 Å². The summed E-state index contributed by atoms with van der Waals surface area (Å²) >= 11 is 0. The largest absolute Gasteiger partial charge is 0.480 e. The van der Waals surface area contributed by atoms with Gasteiger partial charge in [-0.05, 0) is 19.8 Å². The second-order valence-electron chi connectivity index (χ2n) is 7.43. The van der Waals surface area contributed by atoms with Crippen molar-refractivity contribution in [3.05, 3.63) is 18.2 Å². The Balaban J connectivity index is 3.03. The summed E-state index contributed by atoms with van der Waals surface area (Å²) in [6.45, 7) is 5.98. The molecule has 8 N–H and O–H groups in total. The lowest BCUT2D eigenvalue weighted by Gasteiger charge is -2.26. The topological polar surface area (TPSA) is 200 Å². The molecular weight excluding hydrogens is 396 g/mol. The van der Waals surface area contributed by atoms with E-state index in [2.05, 4.69) is 25.9 Å². The Hall–Kier alpha value is -2.99. The van der Waals surface area contributed by atoms with Crippen LogP contribution < -0.4 is 21.7 Å². The number of hydrogen-bond donors (Lipinski definition) is 7. The molecule has 5 atom stereocenters. The molecule has 0 bridgehead atoms. The standard InChI is InChI=1S/C18H30N6O6/c1-8(2)13(18(29)30)23-16(27)12(5-11-6-20-7-21-11)22-17(28)14(10(4)25)24-15(26)9(3)19/h6-10,12-14,25H,5,19H2,1-4H3,(H,20,21)(H,22,28)(H,23,27)(H,24,26)(H,29,30). The van der Waals surface area contributed by atoms with Crippen molar-refractivity contribution < 1.29 is 29.4 Å². The zero-order valence-electron chi connectivity index (χ0n) is 17.4. The van der Waals surface area contributed by atoms with Gasteiger partial charge < -0.3 is 36.9 Å². The van der Waals surface area contributed by atoms with Crippen molar-refractivity contribution in [1.29, 1.82) is 0 Å².